The van der Waals surface area contributed by atoms with E-state index >= 15 is 0 Å². The normalized spacial score (nSPS) is 14.1. The highest BCUT2D eigenvalue weighted by Gasteiger charge is 2.47. The highest BCUT2D eigenvalue weighted by atomic mass is 32.1. The average molecular weight is 186 g/mol. The number of alkyl halides is 3. The summed E-state index contributed by atoms with van der Waals surface area (Å²) < 4.78 is 36.4. The van der Waals surface area contributed by atoms with E-state index in [1.54, 1.807) is 0 Å². The van der Waals surface area contributed by atoms with Crippen molar-refractivity contribution < 1.29 is 23.1 Å². The smallest absolute Gasteiger partial charge is 0.377 e. The highest BCUT2D eigenvalue weighted by Crippen LogP contribution is 2.23. The number of aliphatic carboxylic acids is 1. The predicted octanol–water partition coefficient (Wildman–Crippen LogP) is 1.43. The summed E-state index contributed by atoms with van der Waals surface area (Å²) in [5.41, 5.74) is 0. The minimum absolute atomic E-state index is 0.738. The maximum atomic E-state index is 12.2. The molecule has 0 radical (unpaired) electrons. The van der Waals surface area contributed by atoms with Gasteiger partial charge in [-0.05, 0) is 5.37 Å². The van der Waals surface area contributed by atoms with E-state index in [0.29, 0.717) is 0 Å². The van der Waals surface area contributed by atoms with Crippen LogP contribution in [0.4, 0.5) is 13.2 Å². The molecule has 1 atom stereocenters. The number of thiocarbonyl (C=S) groups is 1. The molecule has 0 saturated heterocycles. The molecule has 0 spiro atoms. The lowest BCUT2D eigenvalue weighted by Gasteiger charge is -2.13. The summed E-state index contributed by atoms with van der Waals surface area (Å²) in [5, 5.41) is 8.54. The van der Waals surface area contributed by atoms with E-state index in [9.17, 15) is 18.0 Å². The zero-order chi connectivity index (χ0) is 9.07. The molecule has 0 rings (SSSR count). The first-order chi connectivity index (χ1) is 4.92. The summed E-state index contributed by atoms with van der Waals surface area (Å²) in [6.45, 7) is 0. The van der Waals surface area contributed by atoms with Crippen LogP contribution in [0.2, 0.25) is 0 Å². The van der Waals surface area contributed by atoms with E-state index in [2.05, 4.69) is 12.2 Å². The fourth-order valence-corrected chi connectivity index (χ4v) is 0.535. The van der Waals surface area contributed by atoms with Gasteiger partial charge in [-0.25, -0.2) is 9.18 Å². The van der Waals surface area contributed by atoms with Crippen LogP contribution in [0, 0.1) is 0 Å². The van der Waals surface area contributed by atoms with Gasteiger partial charge in [0.15, 0.2) is 6.17 Å². The fraction of sp³-hybridized carbons (Fsp3) is 0.600. The molecule has 6 heteroatoms. The Balaban J connectivity index is 4.28. The highest BCUT2D eigenvalue weighted by molar-refractivity contribution is 7.78. The summed E-state index contributed by atoms with van der Waals surface area (Å²) >= 11 is 4.09. The molecule has 0 aromatic heterocycles. The minimum atomic E-state index is -4.34. The van der Waals surface area contributed by atoms with Crippen LogP contribution in [0.3, 0.4) is 0 Å². The second-order valence-electron chi connectivity index (χ2n) is 1.80. The molecule has 0 aliphatic heterocycles. The molecule has 0 fully saturated rings. The molecule has 1 N–H and O–H groups in total. The molecule has 0 aromatic rings. The van der Waals surface area contributed by atoms with E-state index in [1.165, 1.54) is 0 Å². The van der Waals surface area contributed by atoms with Crippen molar-refractivity contribution in [2.75, 3.05) is 0 Å². The van der Waals surface area contributed by atoms with Gasteiger partial charge in [0.1, 0.15) is 0 Å². The van der Waals surface area contributed by atoms with Crippen LogP contribution in [0.5, 0.6) is 0 Å². The third-order valence-corrected chi connectivity index (χ3v) is 1.17. The summed E-state index contributed by atoms with van der Waals surface area (Å²) in [4.78, 5) is 9.70. The fourth-order valence-electron chi connectivity index (χ4n) is 0.366. The molecule has 0 aliphatic rings. The van der Waals surface area contributed by atoms with Gasteiger partial charge >= 0.3 is 11.9 Å². The molecule has 0 saturated carbocycles. The number of halogens is 3. The number of hydrogen-bond donors (Lipinski definition) is 1. The molecule has 64 valence electrons. The lowest BCUT2D eigenvalue weighted by Crippen LogP contribution is -2.38. The maximum Gasteiger partial charge on any atom is 0.377 e. The zero-order valence-electron chi connectivity index (χ0n) is 5.26. The van der Waals surface area contributed by atoms with Gasteiger partial charge < -0.3 is 5.11 Å². The molecule has 0 amide bonds. The van der Waals surface area contributed by atoms with Gasteiger partial charge in [0, 0.05) is 6.42 Å². The van der Waals surface area contributed by atoms with Gasteiger partial charge in [-0.15, -0.1) is 0 Å². The van der Waals surface area contributed by atoms with Crippen LogP contribution in [-0.4, -0.2) is 28.5 Å². The Kier molecular flexibility index (Phi) is 3.44. The van der Waals surface area contributed by atoms with Crippen molar-refractivity contribution in [2.45, 2.75) is 18.5 Å². The van der Waals surface area contributed by atoms with Crippen molar-refractivity contribution in [3.05, 3.63) is 0 Å². The van der Waals surface area contributed by atoms with Crippen molar-refractivity contribution in [1.82, 2.24) is 0 Å². The van der Waals surface area contributed by atoms with Gasteiger partial charge in [-0.2, -0.15) is 8.78 Å². The molecule has 11 heavy (non-hydrogen) atoms. The summed E-state index contributed by atoms with van der Waals surface area (Å²) in [6, 6.07) is 0. The van der Waals surface area contributed by atoms with E-state index < -0.39 is 24.5 Å². The van der Waals surface area contributed by atoms with Gasteiger partial charge in [-0.1, -0.05) is 12.2 Å². The van der Waals surface area contributed by atoms with Crippen molar-refractivity contribution in [1.29, 1.82) is 0 Å². The van der Waals surface area contributed by atoms with Crippen molar-refractivity contribution in [3.8, 4) is 0 Å². The lowest BCUT2D eigenvalue weighted by molar-refractivity contribution is -0.174. The average Bonchev–Trinajstić information content (AvgIpc) is 1.88. The number of rotatable bonds is 4. The summed E-state index contributed by atoms with van der Waals surface area (Å²) in [5.74, 6) is -6.81. The summed E-state index contributed by atoms with van der Waals surface area (Å²) in [7, 11) is 0. The lowest BCUT2D eigenvalue weighted by atomic mass is 10.2. The van der Waals surface area contributed by atoms with Crippen LogP contribution in [0.1, 0.15) is 6.42 Å². The van der Waals surface area contributed by atoms with Crippen molar-refractivity contribution >= 4 is 23.6 Å². The number of carbonyl (C=O) groups is 1. The topological polar surface area (TPSA) is 37.3 Å². The third kappa shape index (κ3) is 2.45. The van der Waals surface area contributed by atoms with Crippen LogP contribution < -0.4 is 0 Å². The first-order valence-electron chi connectivity index (χ1n) is 2.61. The Morgan fingerprint density at radius 3 is 2.45 bits per heavy atom. The Bertz CT molecular complexity index is 171. The number of carboxylic acids is 1. The second kappa shape index (κ2) is 3.66. The Morgan fingerprint density at radius 2 is 2.18 bits per heavy atom. The second-order valence-corrected chi connectivity index (χ2v) is 2.13. The monoisotopic (exact) mass is 186 g/mol. The van der Waals surface area contributed by atoms with Crippen LogP contribution >= 0.6 is 12.2 Å². The molecule has 0 aromatic carbocycles. The Hall–Kier alpha value is -0.650. The van der Waals surface area contributed by atoms with E-state index in [-0.39, 0.29) is 0 Å². The standard InChI is InChI=1S/C5H5F3O2S/c6-3(1-2-11)5(7,8)4(9)10/h2-3H,1H2,(H,9,10). The number of hydrogen-bond acceptors (Lipinski definition) is 2. The zero-order valence-corrected chi connectivity index (χ0v) is 6.08. The van der Waals surface area contributed by atoms with E-state index in [1.807, 2.05) is 0 Å². The Labute approximate surface area is 66.0 Å². The van der Waals surface area contributed by atoms with Gasteiger partial charge in [-0.3, -0.25) is 0 Å². The van der Waals surface area contributed by atoms with Gasteiger partial charge in [0.25, 0.3) is 0 Å². The van der Waals surface area contributed by atoms with E-state index in [4.69, 9.17) is 5.11 Å². The quantitative estimate of drug-likeness (QED) is 0.675. The molecule has 2 nitrogen and oxygen atoms in total. The molecule has 0 bridgehead atoms. The largest absolute Gasteiger partial charge is 0.477 e. The first kappa shape index (κ1) is 10.3. The third-order valence-electron chi connectivity index (χ3n) is 0.982. The molecule has 1 unspecified atom stereocenters. The maximum absolute atomic E-state index is 12.2. The first-order valence-corrected chi connectivity index (χ1v) is 3.09. The van der Waals surface area contributed by atoms with Crippen LogP contribution in [-0.2, 0) is 4.79 Å². The molecule has 0 aliphatic carbocycles. The molecule has 0 heterocycles. The van der Waals surface area contributed by atoms with Gasteiger partial charge in [0.05, 0.1) is 0 Å². The molecular weight excluding hydrogens is 181 g/mol. The predicted molar refractivity (Wildman–Crippen MR) is 35.8 cm³/mol. The number of carboxylic acid groups (broad SMARTS) is 1. The SMILES string of the molecule is O=C(O)C(F)(F)C(F)CC=S. The Morgan fingerprint density at radius 1 is 1.73 bits per heavy atom. The van der Waals surface area contributed by atoms with Crippen LogP contribution in [0.15, 0.2) is 0 Å². The summed E-state index contributed by atoms with van der Waals surface area (Å²) in [6.07, 6.45) is -3.48. The minimum Gasteiger partial charge on any atom is -0.477 e. The van der Waals surface area contributed by atoms with Gasteiger partial charge in [0.2, 0.25) is 0 Å². The van der Waals surface area contributed by atoms with Crippen molar-refractivity contribution in [3.63, 3.8) is 0 Å². The van der Waals surface area contributed by atoms with E-state index in [0.717, 1.165) is 5.37 Å². The molecular formula is C5H5F3O2S. The van der Waals surface area contributed by atoms with Crippen molar-refractivity contribution in [2.24, 2.45) is 0 Å². The van der Waals surface area contributed by atoms with Crippen LogP contribution in [0.25, 0.3) is 0 Å².